The third kappa shape index (κ3) is 4.81. The van der Waals surface area contributed by atoms with E-state index in [9.17, 15) is 8.78 Å². The zero-order chi connectivity index (χ0) is 12.7. The summed E-state index contributed by atoms with van der Waals surface area (Å²) in [5.74, 6) is -0.173. The lowest BCUT2D eigenvalue weighted by Gasteiger charge is -2.10. The molecule has 0 heterocycles. The third-order valence-electron chi connectivity index (χ3n) is 2.43. The molecule has 17 heavy (non-hydrogen) atoms. The van der Waals surface area contributed by atoms with Gasteiger partial charge in [0.2, 0.25) is 0 Å². The summed E-state index contributed by atoms with van der Waals surface area (Å²) < 4.78 is 26.1. The number of anilines is 2. The van der Waals surface area contributed by atoms with Crippen molar-refractivity contribution < 1.29 is 8.78 Å². The van der Waals surface area contributed by atoms with E-state index in [0.717, 1.165) is 31.1 Å². The van der Waals surface area contributed by atoms with Gasteiger partial charge >= 0.3 is 0 Å². The van der Waals surface area contributed by atoms with Crippen LogP contribution < -0.4 is 11.1 Å². The first-order valence-corrected chi connectivity index (χ1v) is 7.02. The molecule has 96 valence electrons. The van der Waals surface area contributed by atoms with Gasteiger partial charge in [-0.05, 0) is 30.9 Å². The Hall–Kier alpha value is -0.970. The van der Waals surface area contributed by atoms with Gasteiger partial charge in [-0.2, -0.15) is 11.8 Å². The fourth-order valence-corrected chi connectivity index (χ4v) is 2.00. The van der Waals surface area contributed by atoms with Crippen LogP contribution in [0.4, 0.5) is 20.2 Å². The van der Waals surface area contributed by atoms with Crippen molar-refractivity contribution in [3.63, 3.8) is 0 Å². The van der Waals surface area contributed by atoms with Crippen LogP contribution in [0.5, 0.6) is 0 Å². The van der Waals surface area contributed by atoms with Gasteiger partial charge in [0, 0.05) is 12.6 Å². The Morgan fingerprint density at radius 1 is 1.24 bits per heavy atom. The van der Waals surface area contributed by atoms with E-state index in [1.165, 1.54) is 6.07 Å². The van der Waals surface area contributed by atoms with Crippen molar-refractivity contribution in [1.29, 1.82) is 0 Å². The molecule has 0 radical (unpaired) electrons. The highest BCUT2D eigenvalue weighted by atomic mass is 32.2. The maximum absolute atomic E-state index is 13.1. The van der Waals surface area contributed by atoms with E-state index in [2.05, 4.69) is 11.6 Å². The van der Waals surface area contributed by atoms with Crippen LogP contribution in [0.1, 0.15) is 19.3 Å². The van der Waals surface area contributed by atoms with E-state index in [0.29, 0.717) is 12.2 Å². The van der Waals surface area contributed by atoms with E-state index >= 15 is 0 Å². The second-order valence-electron chi connectivity index (χ2n) is 3.83. The number of thioether (sulfide) groups is 1. The summed E-state index contributed by atoms with van der Waals surface area (Å²) in [6, 6.07) is 2.01. The molecule has 0 spiro atoms. The lowest BCUT2D eigenvalue weighted by Crippen LogP contribution is -2.06. The van der Waals surface area contributed by atoms with E-state index in [1.54, 1.807) is 0 Å². The van der Waals surface area contributed by atoms with E-state index < -0.39 is 11.6 Å². The van der Waals surface area contributed by atoms with Gasteiger partial charge in [-0.3, -0.25) is 0 Å². The van der Waals surface area contributed by atoms with Crippen LogP contribution in [0, 0.1) is 11.6 Å². The van der Waals surface area contributed by atoms with Crippen molar-refractivity contribution in [2.75, 3.05) is 29.6 Å². The molecule has 1 aromatic carbocycles. The summed E-state index contributed by atoms with van der Waals surface area (Å²) in [7, 11) is 0. The number of hydrogen-bond donors (Lipinski definition) is 2. The van der Waals surface area contributed by atoms with Gasteiger partial charge in [-0.25, -0.2) is 8.78 Å². The fourth-order valence-electron chi connectivity index (χ4n) is 1.50. The molecule has 0 bridgehead atoms. The number of rotatable bonds is 7. The molecule has 0 saturated heterocycles. The summed E-state index contributed by atoms with van der Waals surface area (Å²) in [6.45, 7) is 0.682. The zero-order valence-corrected chi connectivity index (χ0v) is 10.7. The minimum absolute atomic E-state index is 0.0180. The van der Waals surface area contributed by atoms with Crippen LogP contribution >= 0.6 is 11.8 Å². The van der Waals surface area contributed by atoms with Crippen molar-refractivity contribution in [2.24, 2.45) is 0 Å². The van der Waals surface area contributed by atoms with Crippen LogP contribution in [0.2, 0.25) is 0 Å². The predicted octanol–water partition coefficient (Wildman–Crippen LogP) is 3.49. The lowest BCUT2D eigenvalue weighted by atomic mass is 10.2. The topological polar surface area (TPSA) is 38.0 Å². The molecule has 0 aliphatic rings. The molecule has 0 amide bonds. The molecule has 2 nitrogen and oxygen atoms in total. The smallest absolute Gasteiger partial charge is 0.151 e. The summed E-state index contributed by atoms with van der Waals surface area (Å²) in [6.07, 6.45) is 5.31. The standard InChI is InChI=1S/C12H18F2N2S/c1-17-6-4-2-3-5-16-11-8-9(13)7-10(14)12(11)15/h7-8,16H,2-6,15H2,1H3. The highest BCUT2D eigenvalue weighted by Gasteiger charge is 2.07. The molecule has 0 fully saturated rings. The molecule has 0 saturated carbocycles. The van der Waals surface area contributed by atoms with Crippen LogP contribution in [0.3, 0.4) is 0 Å². The van der Waals surface area contributed by atoms with Crippen molar-refractivity contribution >= 4 is 23.1 Å². The Balaban J connectivity index is 2.36. The minimum Gasteiger partial charge on any atom is -0.395 e. The number of unbranched alkanes of at least 4 members (excludes halogenated alkanes) is 2. The Morgan fingerprint density at radius 2 is 2.00 bits per heavy atom. The van der Waals surface area contributed by atoms with Crippen LogP contribution in [0.25, 0.3) is 0 Å². The lowest BCUT2D eigenvalue weighted by molar-refractivity contribution is 0.587. The number of benzene rings is 1. The largest absolute Gasteiger partial charge is 0.395 e. The highest BCUT2D eigenvalue weighted by Crippen LogP contribution is 2.23. The quantitative estimate of drug-likeness (QED) is 0.582. The van der Waals surface area contributed by atoms with Crippen molar-refractivity contribution in [2.45, 2.75) is 19.3 Å². The average molecular weight is 260 g/mol. The van der Waals surface area contributed by atoms with Gasteiger partial charge in [0.15, 0.2) is 5.82 Å². The number of nitrogens with one attached hydrogen (secondary N) is 1. The van der Waals surface area contributed by atoms with Crippen LogP contribution in [-0.2, 0) is 0 Å². The third-order valence-corrected chi connectivity index (χ3v) is 3.13. The second kappa shape index (κ2) is 7.37. The van der Waals surface area contributed by atoms with E-state index in [1.807, 2.05) is 11.8 Å². The van der Waals surface area contributed by atoms with Crippen molar-refractivity contribution in [1.82, 2.24) is 0 Å². The summed E-state index contributed by atoms with van der Waals surface area (Å²) in [4.78, 5) is 0. The molecule has 0 aliphatic carbocycles. The number of nitrogen functional groups attached to an aromatic ring is 1. The van der Waals surface area contributed by atoms with Gasteiger partial charge in [0.05, 0.1) is 11.4 Å². The van der Waals surface area contributed by atoms with Gasteiger partial charge in [-0.1, -0.05) is 6.42 Å². The monoisotopic (exact) mass is 260 g/mol. The Kier molecular flexibility index (Phi) is 6.11. The number of halogens is 2. The molecule has 0 atom stereocenters. The Bertz CT molecular complexity index is 359. The second-order valence-corrected chi connectivity index (χ2v) is 4.81. The van der Waals surface area contributed by atoms with E-state index in [4.69, 9.17) is 5.73 Å². The number of nitrogens with two attached hydrogens (primary N) is 1. The SMILES string of the molecule is CSCCCCCNc1cc(F)cc(F)c1N. The summed E-state index contributed by atoms with van der Waals surface area (Å²) in [5, 5.41) is 2.96. The maximum atomic E-state index is 13.1. The molecule has 3 N–H and O–H groups in total. The van der Waals surface area contributed by atoms with E-state index in [-0.39, 0.29) is 5.69 Å². The summed E-state index contributed by atoms with van der Waals surface area (Å²) >= 11 is 1.82. The van der Waals surface area contributed by atoms with Crippen molar-refractivity contribution in [3.05, 3.63) is 23.8 Å². The highest BCUT2D eigenvalue weighted by molar-refractivity contribution is 7.98. The molecular formula is C12H18F2N2S. The number of hydrogen-bond acceptors (Lipinski definition) is 3. The Labute approximate surface area is 105 Å². The maximum Gasteiger partial charge on any atom is 0.151 e. The van der Waals surface area contributed by atoms with Crippen LogP contribution in [-0.4, -0.2) is 18.6 Å². The average Bonchev–Trinajstić information content (AvgIpc) is 2.29. The fraction of sp³-hybridized carbons (Fsp3) is 0.500. The first kappa shape index (κ1) is 14.1. The molecule has 0 aliphatic heterocycles. The first-order chi connectivity index (χ1) is 8.15. The molecule has 5 heteroatoms. The molecule has 1 rings (SSSR count). The molecule has 1 aromatic rings. The predicted molar refractivity (Wildman–Crippen MR) is 71.5 cm³/mol. The van der Waals surface area contributed by atoms with Crippen LogP contribution in [0.15, 0.2) is 12.1 Å². The van der Waals surface area contributed by atoms with Gasteiger partial charge < -0.3 is 11.1 Å². The van der Waals surface area contributed by atoms with Crippen molar-refractivity contribution in [3.8, 4) is 0 Å². The minimum atomic E-state index is -0.713. The molecule has 0 unspecified atom stereocenters. The van der Waals surface area contributed by atoms with Gasteiger partial charge in [0.1, 0.15) is 5.82 Å². The zero-order valence-electron chi connectivity index (χ0n) is 9.93. The first-order valence-electron chi connectivity index (χ1n) is 5.62. The normalized spacial score (nSPS) is 10.5. The van der Waals surface area contributed by atoms with Gasteiger partial charge in [-0.15, -0.1) is 0 Å². The Morgan fingerprint density at radius 3 is 2.71 bits per heavy atom. The molecule has 0 aromatic heterocycles. The molecular weight excluding hydrogens is 242 g/mol. The van der Waals surface area contributed by atoms with Gasteiger partial charge in [0.25, 0.3) is 0 Å². The summed E-state index contributed by atoms with van der Waals surface area (Å²) in [5.41, 5.74) is 5.83.